The fraction of sp³-hybridized carbons (Fsp3) is 0.400. The molecule has 1 aliphatic heterocycles. The number of carbonyl (C=O) groups excluding carboxylic acids is 2. The van der Waals surface area contributed by atoms with Gasteiger partial charge in [0.1, 0.15) is 0 Å². The summed E-state index contributed by atoms with van der Waals surface area (Å²) < 4.78 is 22.9. The molecule has 0 bridgehead atoms. The molecule has 0 unspecified atom stereocenters. The maximum absolute atomic E-state index is 11.7. The smallest absolute Gasteiger partial charge is 0.273 e. The largest absolute Gasteiger partial charge is 0.279 e. The van der Waals surface area contributed by atoms with Crippen molar-refractivity contribution in [3.8, 4) is 0 Å². The van der Waals surface area contributed by atoms with Gasteiger partial charge in [0.15, 0.2) is 9.84 Å². The first-order chi connectivity index (χ1) is 8.87. The molecule has 0 radical (unpaired) electrons. The molecule has 2 N–H and O–H groups in total. The van der Waals surface area contributed by atoms with Gasteiger partial charge in [-0.05, 0) is 18.6 Å². The van der Waals surface area contributed by atoms with Crippen molar-refractivity contribution in [1.29, 1.82) is 0 Å². The van der Waals surface area contributed by atoms with Crippen LogP contribution in [0.2, 0.25) is 4.34 Å². The van der Waals surface area contributed by atoms with E-state index >= 15 is 0 Å². The highest BCUT2D eigenvalue weighted by molar-refractivity contribution is 7.91. The van der Waals surface area contributed by atoms with E-state index in [4.69, 9.17) is 11.6 Å². The van der Waals surface area contributed by atoms with Crippen LogP contribution in [-0.2, 0) is 14.6 Å². The minimum absolute atomic E-state index is 0.0135. The molecule has 1 atom stereocenters. The molecule has 2 heterocycles. The third kappa shape index (κ3) is 3.68. The van der Waals surface area contributed by atoms with Gasteiger partial charge in [0, 0.05) is 0 Å². The van der Waals surface area contributed by atoms with Crippen molar-refractivity contribution in [3.63, 3.8) is 0 Å². The van der Waals surface area contributed by atoms with Crippen molar-refractivity contribution in [2.24, 2.45) is 5.92 Å². The van der Waals surface area contributed by atoms with E-state index in [-0.39, 0.29) is 17.9 Å². The van der Waals surface area contributed by atoms with Gasteiger partial charge < -0.3 is 0 Å². The minimum atomic E-state index is -3.12. The normalized spacial score (nSPS) is 21.0. The fourth-order valence-corrected chi connectivity index (χ4v) is 4.40. The molecular weight excluding hydrogens is 312 g/mol. The number of hydrazine groups is 1. The molecule has 9 heteroatoms. The summed E-state index contributed by atoms with van der Waals surface area (Å²) in [7, 11) is -3.12. The Morgan fingerprint density at radius 1 is 1.32 bits per heavy atom. The van der Waals surface area contributed by atoms with Crippen LogP contribution in [0.25, 0.3) is 0 Å². The number of hydrogen-bond acceptors (Lipinski definition) is 5. The summed E-state index contributed by atoms with van der Waals surface area (Å²) in [6, 6.07) is 3.11. The van der Waals surface area contributed by atoms with Gasteiger partial charge >= 0.3 is 0 Å². The molecule has 1 saturated heterocycles. The van der Waals surface area contributed by atoms with Crippen LogP contribution < -0.4 is 10.9 Å². The second kappa shape index (κ2) is 5.48. The Morgan fingerprint density at radius 3 is 2.58 bits per heavy atom. The third-order valence-electron chi connectivity index (χ3n) is 2.70. The average molecular weight is 323 g/mol. The maximum Gasteiger partial charge on any atom is 0.279 e. The van der Waals surface area contributed by atoms with Crippen LogP contribution in [0.1, 0.15) is 16.1 Å². The Hall–Kier alpha value is -1.12. The minimum Gasteiger partial charge on any atom is -0.273 e. The molecule has 2 rings (SSSR count). The lowest BCUT2D eigenvalue weighted by atomic mass is 10.1. The van der Waals surface area contributed by atoms with Crippen LogP contribution >= 0.6 is 22.9 Å². The molecule has 104 valence electrons. The molecule has 0 aliphatic carbocycles. The summed E-state index contributed by atoms with van der Waals surface area (Å²) >= 11 is 6.77. The van der Waals surface area contributed by atoms with Crippen molar-refractivity contribution < 1.29 is 18.0 Å². The van der Waals surface area contributed by atoms with Crippen LogP contribution in [-0.4, -0.2) is 31.7 Å². The summed E-state index contributed by atoms with van der Waals surface area (Å²) in [5.74, 6) is -1.72. The number of carbonyl (C=O) groups is 2. The van der Waals surface area contributed by atoms with Crippen molar-refractivity contribution >= 4 is 44.6 Å². The highest BCUT2D eigenvalue weighted by Crippen LogP contribution is 2.21. The lowest BCUT2D eigenvalue weighted by Gasteiger charge is -2.09. The summed E-state index contributed by atoms with van der Waals surface area (Å²) in [4.78, 5) is 23.6. The first-order valence-corrected chi connectivity index (χ1v) is 8.45. The zero-order chi connectivity index (χ0) is 14.0. The third-order valence-corrected chi connectivity index (χ3v) is 5.70. The number of hydrogen-bond donors (Lipinski definition) is 2. The quantitative estimate of drug-likeness (QED) is 0.780. The second-order valence-corrected chi connectivity index (χ2v) is 8.09. The number of halogens is 1. The van der Waals surface area contributed by atoms with E-state index in [0.717, 1.165) is 11.3 Å². The second-order valence-electron chi connectivity index (χ2n) is 4.15. The molecule has 19 heavy (non-hydrogen) atoms. The predicted molar refractivity (Wildman–Crippen MR) is 71.7 cm³/mol. The van der Waals surface area contributed by atoms with E-state index in [1.807, 2.05) is 0 Å². The monoisotopic (exact) mass is 322 g/mol. The summed E-state index contributed by atoms with van der Waals surface area (Å²) in [6.07, 6.45) is 0.287. The molecule has 1 fully saturated rings. The lowest BCUT2D eigenvalue weighted by molar-refractivity contribution is -0.125. The zero-order valence-electron chi connectivity index (χ0n) is 9.68. The first-order valence-electron chi connectivity index (χ1n) is 5.43. The van der Waals surface area contributed by atoms with Gasteiger partial charge in [-0.15, -0.1) is 11.3 Å². The van der Waals surface area contributed by atoms with E-state index < -0.39 is 27.6 Å². The van der Waals surface area contributed by atoms with E-state index in [9.17, 15) is 18.0 Å². The van der Waals surface area contributed by atoms with E-state index in [2.05, 4.69) is 10.9 Å². The number of sulfone groups is 1. The number of amides is 2. The van der Waals surface area contributed by atoms with Gasteiger partial charge in [0.25, 0.3) is 5.91 Å². The maximum atomic E-state index is 11.7. The molecular formula is C10H11ClN2O4S2. The predicted octanol–water partition coefficient (Wildman–Crippen LogP) is 0.597. The highest BCUT2D eigenvalue weighted by Gasteiger charge is 2.33. The first kappa shape index (κ1) is 14.3. The molecule has 1 aliphatic rings. The Labute approximate surface area is 119 Å². The van der Waals surface area contributed by atoms with Crippen molar-refractivity contribution in [3.05, 3.63) is 21.3 Å². The summed E-state index contributed by atoms with van der Waals surface area (Å²) in [6.45, 7) is 0. The topological polar surface area (TPSA) is 92.3 Å². The summed E-state index contributed by atoms with van der Waals surface area (Å²) in [5, 5.41) is 0. The average Bonchev–Trinajstić information content (AvgIpc) is 2.91. The van der Waals surface area contributed by atoms with Crippen LogP contribution in [0.5, 0.6) is 0 Å². The van der Waals surface area contributed by atoms with Crippen LogP contribution in [0.4, 0.5) is 0 Å². The SMILES string of the molecule is O=C(NNC(=O)[C@H]1CCS(=O)(=O)C1)c1ccc(Cl)s1. The fourth-order valence-electron chi connectivity index (χ4n) is 1.72. The van der Waals surface area contributed by atoms with Crippen molar-refractivity contribution in [2.45, 2.75) is 6.42 Å². The van der Waals surface area contributed by atoms with Crippen LogP contribution in [0, 0.1) is 5.92 Å². The molecule has 1 aromatic heterocycles. The molecule has 0 spiro atoms. The van der Waals surface area contributed by atoms with Gasteiger partial charge in [0.05, 0.1) is 26.6 Å². The number of thiophene rings is 1. The Bertz CT molecular complexity index is 611. The van der Waals surface area contributed by atoms with E-state index in [0.29, 0.717) is 9.21 Å². The number of rotatable bonds is 2. The Balaban J connectivity index is 1.86. The van der Waals surface area contributed by atoms with Gasteiger partial charge in [-0.25, -0.2) is 8.42 Å². The molecule has 0 aromatic carbocycles. The summed E-state index contributed by atoms with van der Waals surface area (Å²) in [5.41, 5.74) is 4.47. The van der Waals surface area contributed by atoms with E-state index in [1.54, 1.807) is 6.07 Å². The molecule has 6 nitrogen and oxygen atoms in total. The molecule has 2 amide bonds. The van der Waals surface area contributed by atoms with Gasteiger partial charge in [-0.1, -0.05) is 11.6 Å². The Kier molecular flexibility index (Phi) is 4.12. The Morgan fingerprint density at radius 2 is 2.05 bits per heavy atom. The van der Waals surface area contributed by atoms with Gasteiger partial charge in [-0.3, -0.25) is 20.4 Å². The van der Waals surface area contributed by atoms with Crippen LogP contribution in [0.3, 0.4) is 0 Å². The standard InChI is InChI=1S/C10H11ClN2O4S2/c11-8-2-1-7(18-8)10(15)13-12-9(14)6-3-4-19(16,17)5-6/h1-2,6H,3-5H2,(H,12,14)(H,13,15)/t6-/m0/s1. The lowest BCUT2D eigenvalue weighted by Crippen LogP contribution is -2.44. The highest BCUT2D eigenvalue weighted by atomic mass is 35.5. The molecule has 1 aromatic rings. The zero-order valence-corrected chi connectivity index (χ0v) is 12.1. The van der Waals surface area contributed by atoms with Gasteiger partial charge in [0.2, 0.25) is 5.91 Å². The van der Waals surface area contributed by atoms with Gasteiger partial charge in [-0.2, -0.15) is 0 Å². The molecule has 0 saturated carbocycles. The van der Waals surface area contributed by atoms with Crippen LogP contribution in [0.15, 0.2) is 12.1 Å². The van der Waals surface area contributed by atoms with E-state index in [1.165, 1.54) is 6.07 Å². The number of nitrogens with one attached hydrogen (secondary N) is 2. The van der Waals surface area contributed by atoms with Crippen molar-refractivity contribution in [2.75, 3.05) is 11.5 Å². The van der Waals surface area contributed by atoms with Crippen molar-refractivity contribution in [1.82, 2.24) is 10.9 Å².